The number of benzene rings is 1. The molecule has 0 aromatic heterocycles. The van der Waals surface area contributed by atoms with Gasteiger partial charge in [0.2, 0.25) is 5.91 Å². The Bertz CT molecular complexity index is 569. The number of carbonyl (C=O) groups is 2. The molecular formula is C16H20ClNO3. The molecule has 0 spiro atoms. The lowest BCUT2D eigenvalue weighted by Gasteiger charge is -2.37. The summed E-state index contributed by atoms with van der Waals surface area (Å²) in [4.78, 5) is 23.5. The second-order valence-electron chi connectivity index (χ2n) is 6.28. The first-order valence-electron chi connectivity index (χ1n) is 7.15. The molecule has 5 heteroatoms. The quantitative estimate of drug-likeness (QED) is 0.879. The lowest BCUT2D eigenvalue weighted by atomic mass is 9.68. The molecule has 1 unspecified atom stereocenters. The second-order valence-corrected chi connectivity index (χ2v) is 6.68. The number of nitrogens with one attached hydrogen (secondary N) is 1. The molecule has 1 amide bonds. The molecule has 21 heavy (non-hydrogen) atoms. The number of rotatable bonds is 3. The van der Waals surface area contributed by atoms with E-state index in [1.165, 1.54) is 18.2 Å². The van der Waals surface area contributed by atoms with Crippen LogP contribution in [0, 0.1) is 11.3 Å². The zero-order valence-electron chi connectivity index (χ0n) is 12.3. The van der Waals surface area contributed by atoms with Crippen molar-refractivity contribution in [1.29, 1.82) is 0 Å². The molecule has 1 aliphatic rings. The van der Waals surface area contributed by atoms with Gasteiger partial charge in [-0.2, -0.15) is 0 Å². The number of hydrogen-bond donors (Lipinski definition) is 2. The van der Waals surface area contributed by atoms with E-state index < -0.39 is 5.97 Å². The molecule has 2 rings (SSSR count). The van der Waals surface area contributed by atoms with Crippen molar-refractivity contribution in [3.05, 3.63) is 28.8 Å². The first-order chi connectivity index (χ1) is 9.81. The minimum absolute atomic E-state index is 0.0424. The summed E-state index contributed by atoms with van der Waals surface area (Å²) in [5.41, 5.74) is 0.430. The molecular weight excluding hydrogens is 290 g/mol. The summed E-state index contributed by atoms with van der Waals surface area (Å²) in [6.07, 6.45) is 4.07. The van der Waals surface area contributed by atoms with Crippen LogP contribution in [0.25, 0.3) is 0 Å². The fraction of sp³-hybridized carbons (Fsp3) is 0.500. The van der Waals surface area contributed by atoms with Crippen molar-refractivity contribution in [1.82, 2.24) is 0 Å². The molecule has 114 valence electrons. The molecule has 0 heterocycles. The Morgan fingerprint density at radius 1 is 1.33 bits per heavy atom. The average Bonchev–Trinajstić information content (AvgIpc) is 2.40. The number of aromatic carboxylic acids is 1. The fourth-order valence-corrected chi connectivity index (χ4v) is 3.12. The molecule has 0 saturated heterocycles. The van der Waals surface area contributed by atoms with Gasteiger partial charge in [0.1, 0.15) is 0 Å². The monoisotopic (exact) mass is 309 g/mol. The Morgan fingerprint density at radius 2 is 2.05 bits per heavy atom. The van der Waals surface area contributed by atoms with E-state index in [0.717, 1.165) is 25.7 Å². The van der Waals surface area contributed by atoms with Gasteiger partial charge in [0.15, 0.2) is 0 Å². The SMILES string of the molecule is CC1(C)CCCCC1C(=O)Nc1cc(C(=O)O)ccc1Cl. The number of carbonyl (C=O) groups excluding carboxylic acids is 1. The first-order valence-corrected chi connectivity index (χ1v) is 7.53. The molecule has 2 N–H and O–H groups in total. The molecule has 1 aromatic rings. The van der Waals surface area contributed by atoms with Crippen LogP contribution in [-0.2, 0) is 4.79 Å². The Kier molecular flexibility index (Phi) is 4.57. The van der Waals surface area contributed by atoms with E-state index >= 15 is 0 Å². The number of halogens is 1. The Hall–Kier alpha value is -1.55. The zero-order chi connectivity index (χ0) is 15.6. The van der Waals surface area contributed by atoms with Gasteiger partial charge in [-0.15, -0.1) is 0 Å². The van der Waals surface area contributed by atoms with Crippen LogP contribution in [0.4, 0.5) is 5.69 Å². The summed E-state index contributed by atoms with van der Waals surface area (Å²) in [6.45, 7) is 4.21. The van der Waals surface area contributed by atoms with E-state index in [1.807, 2.05) is 0 Å². The maximum atomic E-state index is 12.5. The van der Waals surface area contributed by atoms with Crippen LogP contribution in [0.5, 0.6) is 0 Å². The first kappa shape index (κ1) is 15.8. The smallest absolute Gasteiger partial charge is 0.335 e. The molecule has 1 saturated carbocycles. The lowest BCUT2D eigenvalue weighted by Crippen LogP contribution is -2.37. The van der Waals surface area contributed by atoms with Crippen molar-refractivity contribution in [2.45, 2.75) is 39.5 Å². The molecule has 1 aliphatic carbocycles. The van der Waals surface area contributed by atoms with Crippen LogP contribution in [0.3, 0.4) is 0 Å². The number of carboxylic acids is 1. The highest BCUT2D eigenvalue weighted by molar-refractivity contribution is 6.33. The van der Waals surface area contributed by atoms with Gasteiger partial charge in [-0.05, 0) is 36.5 Å². The molecule has 1 aromatic carbocycles. The highest BCUT2D eigenvalue weighted by atomic mass is 35.5. The molecule has 1 fully saturated rings. The maximum Gasteiger partial charge on any atom is 0.335 e. The van der Waals surface area contributed by atoms with Crippen LogP contribution in [0.15, 0.2) is 18.2 Å². The van der Waals surface area contributed by atoms with Gasteiger partial charge in [-0.1, -0.05) is 38.3 Å². The van der Waals surface area contributed by atoms with Crippen LogP contribution < -0.4 is 5.32 Å². The van der Waals surface area contributed by atoms with Crippen molar-refractivity contribution < 1.29 is 14.7 Å². The van der Waals surface area contributed by atoms with Gasteiger partial charge in [0, 0.05) is 5.92 Å². The predicted octanol–water partition coefficient (Wildman–Crippen LogP) is 4.19. The highest BCUT2D eigenvalue weighted by Gasteiger charge is 2.37. The summed E-state index contributed by atoms with van der Waals surface area (Å²) in [5, 5.41) is 12.2. The van der Waals surface area contributed by atoms with Crippen molar-refractivity contribution in [3.8, 4) is 0 Å². The summed E-state index contributed by atoms with van der Waals surface area (Å²) >= 11 is 6.05. The van der Waals surface area contributed by atoms with Crippen LogP contribution in [-0.4, -0.2) is 17.0 Å². The summed E-state index contributed by atoms with van der Waals surface area (Å²) in [7, 11) is 0. The molecule has 0 aliphatic heterocycles. The van der Waals surface area contributed by atoms with Crippen molar-refractivity contribution in [2.75, 3.05) is 5.32 Å². The second kappa shape index (κ2) is 6.06. The van der Waals surface area contributed by atoms with Gasteiger partial charge < -0.3 is 10.4 Å². The number of hydrogen-bond acceptors (Lipinski definition) is 2. The van der Waals surface area contributed by atoms with Crippen molar-refractivity contribution in [2.24, 2.45) is 11.3 Å². The Morgan fingerprint density at radius 3 is 2.67 bits per heavy atom. The third-order valence-electron chi connectivity index (χ3n) is 4.29. The topological polar surface area (TPSA) is 66.4 Å². The van der Waals surface area contributed by atoms with Crippen LogP contribution in [0.1, 0.15) is 49.9 Å². The van der Waals surface area contributed by atoms with E-state index in [1.54, 1.807) is 0 Å². The number of anilines is 1. The average molecular weight is 310 g/mol. The van der Waals surface area contributed by atoms with Gasteiger partial charge in [-0.3, -0.25) is 4.79 Å². The van der Waals surface area contributed by atoms with E-state index in [9.17, 15) is 9.59 Å². The van der Waals surface area contributed by atoms with E-state index in [2.05, 4.69) is 19.2 Å². The van der Waals surface area contributed by atoms with Gasteiger partial charge >= 0.3 is 5.97 Å². The molecule has 0 radical (unpaired) electrons. The molecule has 4 nitrogen and oxygen atoms in total. The standard InChI is InChI=1S/C16H20ClNO3/c1-16(2)8-4-3-5-11(16)14(19)18-13-9-10(15(20)21)6-7-12(13)17/h6-7,9,11H,3-5,8H2,1-2H3,(H,18,19)(H,20,21). The minimum atomic E-state index is -1.04. The zero-order valence-corrected chi connectivity index (χ0v) is 13.0. The predicted molar refractivity (Wildman–Crippen MR) is 82.8 cm³/mol. The Labute approximate surface area is 129 Å². The summed E-state index contributed by atoms with van der Waals surface area (Å²) in [5.74, 6) is -1.19. The lowest BCUT2D eigenvalue weighted by molar-refractivity contribution is -0.124. The van der Waals surface area contributed by atoms with E-state index in [4.69, 9.17) is 16.7 Å². The van der Waals surface area contributed by atoms with Gasteiger partial charge in [0.25, 0.3) is 0 Å². The largest absolute Gasteiger partial charge is 0.478 e. The molecule has 0 bridgehead atoms. The highest BCUT2D eigenvalue weighted by Crippen LogP contribution is 2.41. The summed E-state index contributed by atoms with van der Waals surface area (Å²) in [6, 6.07) is 4.32. The van der Waals surface area contributed by atoms with E-state index in [-0.39, 0.29) is 22.8 Å². The minimum Gasteiger partial charge on any atom is -0.478 e. The van der Waals surface area contributed by atoms with Crippen LogP contribution >= 0.6 is 11.6 Å². The number of amides is 1. The molecule has 1 atom stereocenters. The van der Waals surface area contributed by atoms with Crippen molar-refractivity contribution >= 4 is 29.2 Å². The van der Waals surface area contributed by atoms with Gasteiger partial charge in [-0.25, -0.2) is 4.79 Å². The third kappa shape index (κ3) is 3.56. The van der Waals surface area contributed by atoms with Crippen LogP contribution in [0.2, 0.25) is 5.02 Å². The number of carboxylic acid groups (broad SMARTS) is 1. The van der Waals surface area contributed by atoms with Gasteiger partial charge in [0.05, 0.1) is 16.3 Å². The maximum absolute atomic E-state index is 12.5. The van der Waals surface area contributed by atoms with E-state index in [0.29, 0.717) is 10.7 Å². The fourth-order valence-electron chi connectivity index (χ4n) is 2.95. The van der Waals surface area contributed by atoms with Crippen molar-refractivity contribution in [3.63, 3.8) is 0 Å². The Balaban J connectivity index is 2.19. The normalized spacial score (nSPS) is 20.8. The summed E-state index contributed by atoms with van der Waals surface area (Å²) < 4.78 is 0. The third-order valence-corrected chi connectivity index (χ3v) is 4.62.